The van der Waals surface area contributed by atoms with Gasteiger partial charge in [-0.1, -0.05) is 6.92 Å². The number of carbonyl (C=O) groups is 2. The van der Waals surface area contributed by atoms with Gasteiger partial charge in [0.1, 0.15) is 12.0 Å². The fourth-order valence-electron chi connectivity index (χ4n) is 2.98. The number of aliphatic hydroxyl groups is 1. The van der Waals surface area contributed by atoms with Crippen LogP contribution >= 0.6 is 0 Å². The topological polar surface area (TPSA) is 120 Å². The van der Waals surface area contributed by atoms with E-state index in [-0.39, 0.29) is 18.1 Å². The number of aldehydes is 1. The molecule has 126 valence electrons. The first kappa shape index (κ1) is 15.9. The molecule has 1 amide bonds. The van der Waals surface area contributed by atoms with Crippen LogP contribution in [0.15, 0.2) is 23.7 Å². The lowest BCUT2D eigenvalue weighted by atomic mass is 9.99. The van der Waals surface area contributed by atoms with E-state index >= 15 is 0 Å². The molecule has 24 heavy (non-hydrogen) atoms. The SMILES string of the molecule is CCCC(=O)Nc1cc(N)c2[nH]cc3c2c1N/C(=C(\O)CC=O)C3. The van der Waals surface area contributed by atoms with E-state index in [1.54, 1.807) is 6.07 Å². The number of H-pyrrole nitrogens is 1. The summed E-state index contributed by atoms with van der Waals surface area (Å²) in [7, 11) is 0. The van der Waals surface area contributed by atoms with Gasteiger partial charge in [-0.15, -0.1) is 0 Å². The summed E-state index contributed by atoms with van der Waals surface area (Å²) >= 11 is 0. The molecule has 0 unspecified atom stereocenters. The van der Waals surface area contributed by atoms with Crippen molar-refractivity contribution in [3.63, 3.8) is 0 Å². The normalized spacial score (nSPS) is 15.0. The Labute approximate surface area is 138 Å². The molecule has 0 aliphatic carbocycles. The van der Waals surface area contributed by atoms with Crippen molar-refractivity contribution in [2.45, 2.75) is 32.6 Å². The van der Waals surface area contributed by atoms with Crippen molar-refractivity contribution < 1.29 is 14.7 Å². The van der Waals surface area contributed by atoms with Crippen LogP contribution in [0.2, 0.25) is 0 Å². The minimum atomic E-state index is -0.0976. The van der Waals surface area contributed by atoms with Gasteiger partial charge < -0.3 is 31.3 Å². The van der Waals surface area contributed by atoms with Gasteiger partial charge in [-0.05, 0) is 18.1 Å². The molecule has 2 heterocycles. The van der Waals surface area contributed by atoms with Crippen LogP contribution in [0.25, 0.3) is 10.9 Å². The van der Waals surface area contributed by atoms with Gasteiger partial charge in [-0.3, -0.25) is 4.79 Å². The van der Waals surface area contributed by atoms with Gasteiger partial charge in [0.25, 0.3) is 0 Å². The third-order valence-electron chi connectivity index (χ3n) is 4.09. The highest BCUT2D eigenvalue weighted by molar-refractivity contribution is 6.11. The number of amides is 1. The first-order valence-corrected chi connectivity index (χ1v) is 7.89. The number of aliphatic hydroxyl groups excluding tert-OH is 1. The summed E-state index contributed by atoms with van der Waals surface area (Å²) in [5.41, 5.74) is 10.2. The molecule has 7 nitrogen and oxygen atoms in total. The van der Waals surface area contributed by atoms with Crippen LogP contribution in [0.1, 0.15) is 31.7 Å². The Balaban J connectivity index is 2.11. The maximum absolute atomic E-state index is 12.0. The number of nitrogens with one attached hydrogen (secondary N) is 3. The van der Waals surface area contributed by atoms with E-state index in [4.69, 9.17) is 5.73 Å². The van der Waals surface area contributed by atoms with E-state index in [0.717, 1.165) is 22.9 Å². The minimum absolute atomic E-state index is 0.00680. The quantitative estimate of drug-likeness (QED) is 0.328. The number of rotatable bonds is 5. The molecule has 0 spiro atoms. The first-order chi connectivity index (χ1) is 11.5. The van der Waals surface area contributed by atoms with Crippen molar-refractivity contribution in [1.29, 1.82) is 0 Å². The number of hydrogen-bond acceptors (Lipinski definition) is 5. The molecule has 1 aliphatic heterocycles. The van der Waals surface area contributed by atoms with E-state index in [2.05, 4.69) is 15.6 Å². The number of anilines is 3. The molecule has 0 saturated carbocycles. The van der Waals surface area contributed by atoms with Gasteiger partial charge in [0.05, 0.1) is 34.7 Å². The molecular formula is C17H20N4O3. The van der Waals surface area contributed by atoms with Crippen molar-refractivity contribution in [3.05, 3.63) is 29.3 Å². The third kappa shape index (κ3) is 2.68. The Bertz CT molecular complexity index is 851. The highest BCUT2D eigenvalue weighted by atomic mass is 16.3. The number of carbonyl (C=O) groups excluding carboxylic acids is 2. The lowest BCUT2D eigenvalue weighted by molar-refractivity contribution is -0.116. The smallest absolute Gasteiger partial charge is 0.224 e. The Morgan fingerprint density at radius 1 is 1.50 bits per heavy atom. The molecule has 0 bridgehead atoms. The second-order valence-electron chi connectivity index (χ2n) is 5.85. The maximum atomic E-state index is 12.0. The van der Waals surface area contributed by atoms with E-state index in [9.17, 15) is 14.7 Å². The number of nitrogen functional groups attached to an aromatic ring is 1. The second-order valence-corrected chi connectivity index (χ2v) is 5.85. The van der Waals surface area contributed by atoms with E-state index in [1.807, 2.05) is 13.1 Å². The molecule has 0 saturated heterocycles. The Morgan fingerprint density at radius 2 is 2.29 bits per heavy atom. The molecule has 2 aromatic rings. The molecule has 3 rings (SSSR count). The average molecular weight is 328 g/mol. The molecule has 0 atom stereocenters. The van der Waals surface area contributed by atoms with Crippen LogP contribution in [0, 0.1) is 0 Å². The summed E-state index contributed by atoms with van der Waals surface area (Å²) in [5, 5.41) is 17.0. The van der Waals surface area contributed by atoms with Gasteiger partial charge in [0.15, 0.2) is 0 Å². The Morgan fingerprint density at radius 3 is 3.00 bits per heavy atom. The predicted molar refractivity (Wildman–Crippen MR) is 93.9 cm³/mol. The van der Waals surface area contributed by atoms with Gasteiger partial charge in [0, 0.05) is 24.4 Å². The highest BCUT2D eigenvalue weighted by Crippen LogP contribution is 2.42. The molecule has 1 aromatic carbocycles. The summed E-state index contributed by atoms with van der Waals surface area (Å²) < 4.78 is 0. The zero-order valence-electron chi connectivity index (χ0n) is 13.4. The monoisotopic (exact) mass is 328 g/mol. The van der Waals surface area contributed by atoms with E-state index in [1.165, 1.54) is 0 Å². The molecule has 1 aliphatic rings. The largest absolute Gasteiger partial charge is 0.510 e. The van der Waals surface area contributed by atoms with Crippen molar-refractivity contribution >= 4 is 40.2 Å². The highest BCUT2D eigenvalue weighted by Gasteiger charge is 2.24. The van der Waals surface area contributed by atoms with Crippen LogP contribution in [-0.2, 0) is 16.0 Å². The summed E-state index contributed by atoms with van der Waals surface area (Å²) in [5.74, 6) is -0.104. The van der Waals surface area contributed by atoms with Crippen LogP contribution in [0.3, 0.4) is 0 Å². The second kappa shape index (κ2) is 6.27. The van der Waals surface area contributed by atoms with Crippen molar-refractivity contribution in [2.24, 2.45) is 0 Å². The Kier molecular flexibility index (Phi) is 4.16. The van der Waals surface area contributed by atoms with Crippen LogP contribution in [-0.4, -0.2) is 22.3 Å². The van der Waals surface area contributed by atoms with Crippen molar-refractivity contribution in [2.75, 3.05) is 16.4 Å². The van der Waals surface area contributed by atoms with Crippen LogP contribution in [0.4, 0.5) is 17.1 Å². The van der Waals surface area contributed by atoms with Gasteiger partial charge in [0.2, 0.25) is 5.91 Å². The number of hydrogen-bond donors (Lipinski definition) is 5. The molecule has 0 fully saturated rings. The third-order valence-corrected chi connectivity index (χ3v) is 4.09. The molecule has 1 aromatic heterocycles. The van der Waals surface area contributed by atoms with Crippen LogP contribution in [0.5, 0.6) is 0 Å². The predicted octanol–water partition coefficient (Wildman–Crippen LogP) is 2.82. The zero-order valence-corrected chi connectivity index (χ0v) is 13.4. The summed E-state index contributed by atoms with van der Waals surface area (Å²) in [6.07, 6.45) is 4.04. The average Bonchev–Trinajstić information content (AvgIpc) is 2.97. The summed E-state index contributed by atoms with van der Waals surface area (Å²) in [6.45, 7) is 1.93. The number of aromatic amines is 1. The van der Waals surface area contributed by atoms with Gasteiger partial charge in [-0.2, -0.15) is 0 Å². The number of allylic oxidation sites excluding steroid dienone is 2. The van der Waals surface area contributed by atoms with E-state index in [0.29, 0.717) is 41.9 Å². The van der Waals surface area contributed by atoms with Gasteiger partial charge in [-0.25, -0.2) is 0 Å². The van der Waals surface area contributed by atoms with E-state index < -0.39 is 0 Å². The van der Waals surface area contributed by atoms with Gasteiger partial charge >= 0.3 is 0 Å². The minimum Gasteiger partial charge on any atom is -0.510 e. The standard InChI is InChI=1S/C17H20N4O3/c1-2-3-14(24)20-12-7-10(18)16-15-9(8-19-16)6-11(21-17(12)15)13(23)4-5-22/h5,7-8,19,21,23H,2-4,6,18H2,1H3,(H,20,24)/b13-11-. The Hall–Kier alpha value is -2.96. The van der Waals surface area contributed by atoms with Crippen LogP contribution < -0.4 is 16.4 Å². The first-order valence-electron chi connectivity index (χ1n) is 7.89. The summed E-state index contributed by atoms with van der Waals surface area (Å²) in [4.78, 5) is 25.8. The zero-order chi connectivity index (χ0) is 17.3. The van der Waals surface area contributed by atoms with Crippen molar-refractivity contribution in [1.82, 2.24) is 4.98 Å². The molecule has 0 radical (unpaired) electrons. The number of benzene rings is 1. The number of aromatic nitrogens is 1. The molecular weight excluding hydrogens is 308 g/mol. The molecule has 6 N–H and O–H groups in total. The number of nitrogens with two attached hydrogens (primary N) is 1. The fraction of sp³-hybridized carbons (Fsp3) is 0.294. The molecule has 7 heteroatoms. The maximum Gasteiger partial charge on any atom is 0.224 e. The lowest BCUT2D eigenvalue weighted by Gasteiger charge is -2.23. The summed E-state index contributed by atoms with van der Waals surface area (Å²) in [6, 6.07) is 1.69. The fourth-order valence-corrected chi connectivity index (χ4v) is 2.98. The lowest BCUT2D eigenvalue weighted by Crippen LogP contribution is -2.17. The van der Waals surface area contributed by atoms with Crippen molar-refractivity contribution in [3.8, 4) is 0 Å².